The Morgan fingerprint density at radius 1 is 1.41 bits per heavy atom. The van der Waals surface area contributed by atoms with E-state index in [4.69, 9.17) is 4.74 Å². The lowest BCUT2D eigenvalue weighted by Crippen LogP contribution is -2.47. The van der Waals surface area contributed by atoms with Gasteiger partial charge in [-0.1, -0.05) is 0 Å². The number of amides is 1. The predicted molar refractivity (Wildman–Crippen MR) is 63.4 cm³/mol. The number of nitrogens with zero attached hydrogens (tertiary/aromatic N) is 1. The summed E-state index contributed by atoms with van der Waals surface area (Å²) in [6, 6.07) is 0. The van der Waals surface area contributed by atoms with E-state index in [-0.39, 0.29) is 0 Å². The zero-order valence-corrected chi connectivity index (χ0v) is 11.2. The van der Waals surface area contributed by atoms with E-state index in [1.54, 1.807) is 20.8 Å². The Hall–Kier alpha value is -0.820. The van der Waals surface area contributed by atoms with Gasteiger partial charge in [0.05, 0.1) is 0 Å². The van der Waals surface area contributed by atoms with Gasteiger partial charge < -0.3 is 4.74 Å². The van der Waals surface area contributed by atoms with Gasteiger partial charge in [0.25, 0.3) is 0 Å². The Morgan fingerprint density at radius 2 is 2.06 bits per heavy atom. The number of rotatable bonds is 2. The maximum Gasteiger partial charge on any atom is 0.422 e. The largest absolute Gasteiger partial charge is 0.443 e. The summed E-state index contributed by atoms with van der Waals surface area (Å²) in [5, 5.41) is 0. The van der Waals surface area contributed by atoms with Crippen LogP contribution >= 0.6 is 0 Å². The van der Waals surface area contributed by atoms with E-state index in [9.17, 15) is 13.2 Å². The van der Waals surface area contributed by atoms with Crippen molar-refractivity contribution >= 4 is 16.3 Å². The van der Waals surface area contributed by atoms with Crippen molar-refractivity contribution in [3.05, 3.63) is 6.42 Å². The molecule has 1 aliphatic rings. The molecule has 1 radical (unpaired) electrons. The van der Waals surface area contributed by atoms with Crippen LogP contribution in [-0.4, -0.2) is 37.5 Å². The van der Waals surface area contributed by atoms with E-state index in [2.05, 4.69) is 0 Å². The van der Waals surface area contributed by atoms with Crippen LogP contribution in [0.3, 0.4) is 0 Å². The molecule has 1 heterocycles. The fourth-order valence-corrected chi connectivity index (χ4v) is 2.48. The highest BCUT2D eigenvalue weighted by atomic mass is 32.2. The molecule has 0 aromatic heterocycles. The second-order valence-electron chi connectivity index (χ2n) is 4.90. The number of hydrogen-bond acceptors (Lipinski definition) is 4. The van der Waals surface area contributed by atoms with Gasteiger partial charge >= 0.3 is 16.3 Å². The minimum atomic E-state index is -3.78. The van der Waals surface area contributed by atoms with Crippen LogP contribution in [0.5, 0.6) is 0 Å². The first-order valence-electron chi connectivity index (χ1n) is 5.53. The minimum Gasteiger partial charge on any atom is -0.443 e. The molecule has 17 heavy (non-hydrogen) atoms. The quantitative estimate of drug-likeness (QED) is 0.808. The maximum atomic E-state index is 11.8. The molecule has 1 amide bonds. The number of carbonyl (C=O) groups is 1. The fourth-order valence-electron chi connectivity index (χ4n) is 1.43. The predicted octanol–water partition coefficient (Wildman–Crippen LogP) is 1.06. The second kappa shape index (κ2) is 5.22. The molecule has 7 heteroatoms. The monoisotopic (exact) mass is 263 g/mol. The van der Waals surface area contributed by atoms with Crippen LogP contribution in [0, 0.1) is 6.42 Å². The molecule has 0 spiro atoms. The van der Waals surface area contributed by atoms with E-state index in [0.717, 1.165) is 12.8 Å². The molecule has 0 saturated carbocycles. The van der Waals surface area contributed by atoms with Gasteiger partial charge in [0.15, 0.2) is 0 Å². The van der Waals surface area contributed by atoms with E-state index in [1.807, 2.05) is 11.1 Å². The molecule has 6 nitrogen and oxygen atoms in total. The SMILES string of the molecule is CC(C)(C)OC(=O)NS(=O)(=O)N1C[CH]CCC1. The molecule has 0 unspecified atom stereocenters. The Balaban J connectivity index is 2.57. The lowest BCUT2D eigenvalue weighted by Gasteiger charge is -2.26. The third-order valence-corrected chi connectivity index (χ3v) is 3.54. The standard InChI is InChI=1S/C10H19N2O4S/c1-10(2,3)16-9(13)11-17(14,15)12-7-5-4-6-8-12/h5H,4,6-8H2,1-3H3,(H,11,13). The average molecular weight is 263 g/mol. The van der Waals surface area contributed by atoms with Crippen LogP contribution in [0.2, 0.25) is 0 Å². The molecule has 0 aromatic carbocycles. The number of piperidine rings is 1. The van der Waals surface area contributed by atoms with Crippen LogP contribution in [0.25, 0.3) is 0 Å². The van der Waals surface area contributed by atoms with Crippen molar-refractivity contribution in [3.63, 3.8) is 0 Å². The molecule has 1 saturated heterocycles. The van der Waals surface area contributed by atoms with Crippen molar-refractivity contribution < 1.29 is 17.9 Å². The van der Waals surface area contributed by atoms with Crippen LogP contribution < -0.4 is 4.72 Å². The molecule has 1 N–H and O–H groups in total. The molecule has 0 aromatic rings. The molecule has 0 bridgehead atoms. The van der Waals surface area contributed by atoms with Gasteiger partial charge in [-0.15, -0.1) is 0 Å². The summed E-state index contributed by atoms with van der Waals surface area (Å²) >= 11 is 0. The van der Waals surface area contributed by atoms with Gasteiger partial charge in [0.1, 0.15) is 5.60 Å². The average Bonchev–Trinajstić information content (AvgIpc) is 2.15. The second-order valence-corrected chi connectivity index (χ2v) is 6.57. The van der Waals surface area contributed by atoms with Crippen LogP contribution in [0.4, 0.5) is 4.79 Å². The van der Waals surface area contributed by atoms with Crippen molar-refractivity contribution in [2.45, 2.75) is 39.2 Å². The van der Waals surface area contributed by atoms with Crippen molar-refractivity contribution in [2.24, 2.45) is 0 Å². The topological polar surface area (TPSA) is 75.7 Å². The number of nitrogens with one attached hydrogen (secondary N) is 1. The summed E-state index contributed by atoms with van der Waals surface area (Å²) in [6.45, 7) is 5.78. The van der Waals surface area contributed by atoms with Gasteiger partial charge in [-0.05, 0) is 40.0 Å². The Morgan fingerprint density at radius 3 is 2.53 bits per heavy atom. The molecule has 0 atom stereocenters. The summed E-state index contributed by atoms with van der Waals surface area (Å²) in [5.74, 6) is 0. The number of hydrogen-bond donors (Lipinski definition) is 1. The fraction of sp³-hybridized carbons (Fsp3) is 0.800. The molecule has 1 aliphatic heterocycles. The van der Waals surface area contributed by atoms with Crippen molar-refractivity contribution in [3.8, 4) is 0 Å². The van der Waals surface area contributed by atoms with Gasteiger partial charge in [-0.25, -0.2) is 9.52 Å². The highest BCUT2D eigenvalue weighted by molar-refractivity contribution is 7.87. The maximum absolute atomic E-state index is 11.8. The molecule has 1 rings (SSSR count). The third kappa shape index (κ3) is 4.91. The Labute approximate surface area is 102 Å². The number of ether oxygens (including phenoxy) is 1. The molecular formula is C10H19N2O4S. The van der Waals surface area contributed by atoms with Crippen LogP contribution in [-0.2, 0) is 14.9 Å². The van der Waals surface area contributed by atoms with E-state index in [1.165, 1.54) is 4.31 Å². The molecule has 99 valence electrons. The van der Waals surface area contributed by atoms with Crippen molar-refractivity contribution in [1.29, 1.82) is 0 Å². The molecular weight excluding hydrogens is 244 g/mol. The van der Waals surface area contributed by atoms with Gasteiger partial charge in [-0.2, -0.15) is 12.7 Å². The van der Waals surface area contributed by atoms with Gasteiger partial charge in [0.2, 0.25) is 0 Å². The Bertz CT molecular complexity index is 366. The van der Waals surface area contributed by atoms with E-state index in [0.29, 0.717) is 13.1 Å². The molecule has 1 fully saturated rings. The number of carbonyl (C=O) groups excluding carboxylic acids is 1. The lowest BCUT2D eigenvalue weighted by atomic mass is 10.2. The zero-order valence-electron chi connectivity index (χ0n) is 10.4. The first kappa shape index (κ1) is 14.2. The smallest absolute Gasteiger partial charge is 0.422 e. The lowest BCUT2D eigenvalue weighted by molar-refractivity contribution is 0.0567. The first-order chi connectivity index (χ1) is 7.71. The normalized spacial score (nSPS) is 18.8. The van der Waals surface area contributed by atoms with Gasteiger partial charge in [-0.3, -0.25) is 0 Å². The summed E-state index contributed by atoms with van der Waals surface area (Å²) in [6.07, 6.45) is 2.61. The van der Waals surface area contributed by atoms with Crippen molar-refractivity contribution in [1.82, 2.24) is 9.03 Å². The van der Waals surface area contributed by atoms with Gasteiger partial charge in [0, 0.05) is 13.1 Å². The zero-order chi connectivity index (χ0) is 13.1. The van der Waals surface area contributed by atoms with E-state index < -0.39 is 21.9 Å². The third-order valence-electron chi connectivity index (χ3n) is 2.10. The van der Waals surface area contributed by atoms with Crippen LogP contribution in [0.15, 0.2) is 0 Å². The highest BCUT2D eigenvalue weighted by Gasteiger charge is 2.27. The summed E-state index contributed by atoms with van der Waals surface area (Å²) in [5.41, 5.74) is -0.715. The van der Waals surface area contributed by atoms with Crippen molar-refractivity contribution in [2.75, 3.05) is 13.1 Å². The first-order valence-corrected chi connectivity index (χ1v) is 6.97. The minimum absolute atomic E-state index is 0.331. The molecule has 0 aliphatic carbocycles. The Kier molecular flexibility index (Phi) is 4.37. The summed E-state index contributed by atoms with van der Waals surface area (Å²) in [4.78, 5) is 11.4. The highest BCUT2D eigenvalue weighted by Crippen LogP contribution is 2.12. The summed E-state index contributed by atoms with van der Waals surface area (Å²) in [7, 11) is -3.78. The van der Waals surface area contributed by atoms with Crippen LogP contribution in [0.1, 0.15) is 33.6 Å². The summed E-state index contributed by atoms with van der Waals surface area (Å²) < 4.78 is 31.6. The van der Waals surface area contributed by atoms with E-state index >= 15 is 0 Å².